The first-order valence-corrected chi connectivity index (χ1v) is 10.5. The van der Waals surface area contributed by atoms with Crippen LogP contribution in [0, 0.1) is 13.8 Å². The topological polar surface area (TPSA) is 10.4 Å². The Morgan fingerprint density at radius 1 is 0.700 bits per heavy atom. The third-order valence-electron chi connectivity index (χ3n) is 6.42. The van der Waals surface area contributed by atoms with Crippen molar-refractivity contribution in [1.29, 1.82) is 0 Å². The van der Waals surface area contributed by atoms with Gasteiger partial charge in [-0.1, -0.05) is 54.6 Å². The predicted molar refractivity (Wildman–Crippen MR) is 124 cm³/mol. The van der Waals surface area contributed by atoms with Gasteiger partial charge in [-0.2, -0.15) is 0 Å². The van der Waals surface area contributed by atoms with Crippen LogP contribution < -0.4 is 19.7 Å². The van der Waals surface area contributed by atoms with Crippen molar-refractivity contribution >= 4 is 35.3 Å². The summed E-state index contributed by atoms with van der Waals surface area (Å²) < 4.78 is 2.39. The molecule has 3 heterocycles. The van der Waals surface area contributed by atoms with Gasteiger partial charge in [0.2, 0.25) is 0 Å². The van der Waals surface area contributed by atoms with Crippen LogP contribution in [0.5, 0.6) is 0 Å². The van der Waals surface area contributed by atoms with Gasteiger partial charge in [0.05, 0.1) is 6.20 Å². The molecule has 6 rings (SSSR count). The maximum absolute atomic E-state index is 2.54. The maximum atomic E-state index is 2.54. The van der Waals surface area contributed by atoms with Crippen molar-refractivity contribution in [3.8, 4) is 0 Å². The number of nitrogens with zero attached hydrogens (tertiary/aromatic N) is 3. The summed E-state index contributed by atoms with van der Waals surface area (Å²) in [7, 11) is 0. The molecule has 4 aromatic rings. The Kier molecular flexibility index (Phi) is 3.75. The summed E-state index contributed by atoms with van der Waals surface area (Å²) in [6, 6.07) is 30.7. The van der Waals surface area contributed by atoms with Gasteiger partial charge in [-0.3, -0.25) is 4.81 Å². The molecule has 0 aliphatic carbocycles. The Morgan fingerprint density at radius 3 is 2.20 bits per heavy atom. The fourth-order valence-electron chi connectivity index (χ4n) is 5.14. The highest BCUT2D eigenvalue weighted by Gasteiger charge is 2.55. The Morgan fingerprint density at radius 2 is 1.40 bits per heavy atom. The van der Waals surface area contributed by atoms with E-state index < -0.39 is 0 Å². The molecule has 1 aromatic heterocycles. The molecule has 0 bridgehead atoms. The Hall–Kier alpha value is -3.53. The van der Waals surface area contributed by atoms with Crippen LogP contribution >= 0.6 is 0 Å². The Labute approximate surface area is 178 Å². The van der Waals surface area contributed by atoms with Gasteiger partial charge < -0.3 is 4.81 Å². The summed E-state index contributed by atoms with van der Waals surface area (Å²) in [4.78, 5) is 5.04. The smallest absolute Gasteiger partial charge is 0.333 e. The molecular weight excluding hydrogens is 365 g/mol. The van der Waals surface area contributed by atoms with E-state index in [4.69, 9.17) is 0 Å². The summed E-state index contributed by atoms with van der Waals surface area (Å²) in [5, 5.41) is 0. The second-order valence-electron chi connectivity index (χ2n) is 8.23. The van der Waals surface area contributed by atoms with Gasteiger partial charge in [-0.05, 0) is 55.3 Å². The quantitative estimate of drug-likeness (QED) is 0.366. The van der Waals surface area contributed by atoms with Crippen molar-refractivity contribution in [1.82, 2.24) is 0 Å². The second-order valence-corrected chi connectivity index (χ2v) is 8.23. The minimum absolute atomic E-state index is 0.0682. The lowest BCUT2D eigenvalue weighted by Crippen LogP contribution is -2.57. The van der Waals surface area contributed by atoms with Gasteiger partial charge in [-0.15, -0.1) is 0 Å². The van der Waals surface area contributed by atoms with E-state index in [1.165, 1.54) is 45.0 Å². The number of aryl methyl sites for hydroxylation is 2. The third-order valence-corrected chi connectivity index (χ3v) is 6.42. The minimum atomic E-state index is 0.0682. The van der Waals surface area contributed by atoms with Crippen LogP contribution in [0.15, 0.2) is 91.1 Å². The molecule has 0 amide bonds. The summed E-state index contributed by atoms with van der Waals surface area (Å²) >= 11 is 0. The van der Waals surface area contributed by atoms with E-state index in [-0.39, 0.29) is 6.98 Å². The zero-order chi connectivity index (χ0) is 20.2. The maximum Gasteiger partial charge on any atom is 0.543 e. The molecule has 2 aliphatic heterocycles. The van der Waals surface area contributed by atoms with Gasteiger partial charge in [-0.25, -0.2) is 4.57 Å². The van der Waals surface area contributed by atoms with Crippen LogP contribution in [0.1, 0.15) is 16.7 Å². The highest BCUT2D eigenvalue weighted by Crippen LogP contribution is 2.46. The van der Waals surface area contributed by atoms with Gasteiger partial charge >= 0.3 is 6.98 Å². The van der Waals surface area contributed by atoms with Crippen molar-refractivity contribution in [2.75, 3.05) is 9.62 Å². The number of hydrogen-bond donors (Lipinski definition) is 0. The summed E-state index contributed by atoms with van der Waals surface area (Å²) in [5.74, 6) is 1.27. The van der Waals surface area contributed by atoms with Gasteiger partial charge in [0, 0.05) is 16.7 Å². The number of fused-ring (bicyclic) bond motifs is 2. The van der Waals surface area contributed by atoms with Crippen molar-refractivity contribution in [2.24, 2.45) is 0 Å². The van der Waals surface area contributed by atoms with E-state index >= 15 is 0 Å². The van der Waals surface area contributed by atoms with Gasteiger partial charge in [0.25, 0.3) is 5.82 Å². The SMILES string of the molecule is Cc1cccc(C)c1B1N(c2ccccc2)c2ccc[n+]3c2N1c1ccccc1C3. The minimum Gasteiger partial charge on any atom is -0.333 e. The largest absolute Gasteiger partial charge is 0.543 e. The number of aromatic nitrogens is 1. The summed E-state index contributed by atoms with van der Waals surface area (Å²) in [5.41, 5.74) is 9.15. The van der Waals surface area contributed by atoms with Crippen LogP contribution in [0.2, 0.25) is 0 Å². The highest BCUT2D eigenvalue weighted by atomic mass is 15.4. The molecule has 3 nitrogen and oxygen atoms in total. The molecular formula is C26H23BN3+. The van der Waals surface area contributed by atoms with Gasteiger partial charge in [0.15, 0.2) is 0 Å². The molecule has 0 saturated heterocycles. The summed E-state index contributed by atoms with van der Waals surface area (Å²) in [6.07, 6.45) is 2.21. The molecule has 0 atom stereocenters. The number of anilines is 4. The highest BCUT2D eigenvalue weighted by molar-refractivity contribution is 6.84. The molecule has 0 unspecified atom stereocenters. The molecule has 0 radical (unpaired) electrons. The van der Waals surface area contributed by atoms with E-state index in [1.54, 1.807) is 0 Å². The van der Waals surface area contributed by atoms with Crippen molar-refractivity contribution in [3.05, 3.63) is 108 Å². The average Bonchev–Trinajstić information content (AvgIpc) is 3.11. The lowest BCUT2D eigenvalue weighted by atomic mass is 9.61. The van der Waals surface area contributed by atoms with E-state index in [1.807, 2.05) is 0 Å². The van der Waals surface area contributed by atoms with Crippen LogP contribution in [-0.4, -0.2) is 6.98 Å². The first-order valence-electron chi connectivity index (χ1n) is 10.5. The molecule has 0 N–H and O–H groups in total. The molecule has 0 saturated carbocycles. The third kappa shape index (κ3) is 2.37. The molecule has 3 aromatic carbocycles. The van der Waals surface area contributed by atoms with Crippen LogP contribution in [0.3, 0.4) is 0 Å². The van der Waals surface area contributed by atoms with Crippen molar-refractivity contribution < 1.29 is 4.57 Å². The summed E-state index contributed by atoms with van der Waals surface area (Å²) in [6.45, 7) is 5.44. The van der Waals surface area contributed by atoms with Crippen LogP contribution in [0.4, 0.5) is 22.9 Å². The predicted octanol–water partition coefficient (Wildman–Crippen LogP) is 4.64. The fourth-order valence-corrected chi connectivity index (χ4v) is 5.14. The molecule has 144 valence electrons. The lowest BCUT2D eigenvalue weighted by Gasteiger charge is -2.28. The van der Waals surface area contributed by atoms with E-state index in [2.05, 4.69) is 119 Å². The van der Waals surface area contributed by atoms with E-state index in [9.17, 15) is 0 Å². The Balaban J connectivity index is 1.70. The number of hydrogen-bond acceptors (Lipinski definition) is 2. The molecule has 0 fully saturated rings. The standard InChI is InChI=1S/C26H23BN3/c1-19-10-8-11-20(2)25(19)27-29(22-13-4-3-5-14-22)24-16-9-17-28-18-21-12-6-7-15-23(21)30(27)26(24)28/h3-17H,18H2,1-2H3/q+1. The Bertz CT molecular complexity index is 1250. The van der Waals surface area contributed by atoms with Crippen LogP contribution in [0.25, 0.3) is 0 Å². The second kappa shape index (κ2) is 6.49. The normalized spacial score (nSPS) is 14.0. The number of benzene rings is 3. The first kappa shape index (κ1) is 17.3. The molecule has 30 heavy (non-hydrogen) atoms. The number of pyridine rings is 1. The first-order chi connectivity index (χ1) is 14.7. The lowest BCUT2D eigenvalue weighted by molar-refractivity contribution is -0.675. The van der Waals surface area contributed by atoms with Crippen molar-refractivity contribution in [3.63, 3.8) is 0 Å². The van der Waals surface area contributed by atoms with Crippen molar-refractivity contribution in [2.45, 2.75) is 20.4 Å². The van der Waals surface area contributed by atoms with Gasteiger partial charge in [0.1, 0.15) is 17.9 Å². The van der Waals surface area contributed by atoms with E-state index in [0.717, 1.165) is 6.54 Å². The van der Waals surface area contributed by atoms with E-state index in [0.29, 0.717) is 0 Å². The zero-order valence-electron chi connectivity index (χ0n) is 17.3. The van der Waals surface area contributed by atoms with Crippen LogP contribution in [-0.2, 0) is 6.54 Å². The number of rotatable bonds is 2. The number of para-hydroxylation sites is 2. The fraction of sp³-hybridized carbons (Fsp3) is 0.115. The average molecular weight is 388 g/mol. The monoisotopic (exact) mass is 388 g/mol. The molecule has 0 spiro atoms. The molecule has 2 aliphatic rings. The molecule has 4 heteroatoms. The zero-order valence-corrected chi connectivity index (χ0v) is 17.3.